The molecule has 0 saturated carbocycles. The molecular formula is C13H15F2N3. The summed E-state index contributed by atoms with van der Waals surface area (Å²) in [5, 5.41) is 0. The van der Waals surface area contributed by atoms with Gasteiger partial charge in [0.1, 0.15) is 0 Å². The van der Waals surface area contributed by atoms with Crippen LogP contribution in [0.25, 0.3) is 0 Å². The summed E-state index contributed by atoms with van der Waals surface area (Å²) in [5.74, 6) is -3.40. The average molecular weight is 251 g/mol. The van der Waals surface area contributed by atoms with Crippen LogP contribution in [0.3, 0.4) is 0 Å². The minimum Gasteiger partial charge on any atom is -0.333 e. The van der Waals surface area contributed by atoms with Gasteiger partial charge in [0.2, 0.25) is 0 Å². The topological polar surface area (TPSA) is 43.8 Å². The third-order valence-electron chi connectivity index (χ3n) is 2.88. The molecule has 0 bridgehead atoms. The SMILES string of the molecule is CC(N)c1cccc(C(F)(F)c2nccn2C)c1. The first-order valence-electron chi connectivity index (χ1n) is 5.64. The molecule has 3 nitrogen and oxygen atoms in total. The van der Waals surface area contributed by atoms with E-state index in [2.05, 4.69) is 4.98 Å². The summed E-state index contributed by atoms with van der Waals surface area (Å²) < 4.78 is 29.9. The van der Waals surface area contributed by atoms with Gasteiger partial charge in [0.15, 0.2) is 5.82 Å². The fourth-order valence-corrected chi connectivity index (χ4v) is 1.81. The van der Waals surface area contributed by atoms with E-state index in [0.29, 0.717) is 5.56 Å². The second-order valence-corrected chi connectivity index (χ2v) is 4.35. The highest BCUT2D eigenvalue weighted by Gasteiger charge is 2.38. The van der Waals surface area contributed by atoms with Crippen LogP contribution >= 0.6 is 0 Å². The molecule has 0 amide bonds. The van der Waals surface area contributed by atoms with E-state index in [-0.39, 0.29) is 17.4 Å². The standard InChI is InChI=1S/C13H15F2N3/c1-9(16)10-4-3-5-11(8-10)13(14,15)12-17-6-7-18(12)2/h3-9H,16H2,1-2H3. The van der Waals surface area contributed by atoms with Gasteiger partial charge in [0, 0.05) is 31.0 Å². The predicted octanol–water partition coefficient (Wildman–Crippen LogP) is 2.58. The van der Waals surface area contributed by atoms with Gasteiger partial charge in [-0.05, 0) is 18.6 Å². The Balaban J connectivity index is 2.47. The molecule has 0 radical (unpaired) electrons. The fraction of sp³-hybridized carbons (Fsp3) is 0.308. The smallest absolute Gasteiger partial charge is 0.330 e. The maximum atomic E-state index is 14.3. The molecule has 18 heavy (non-hydrogen) atoms. The Labute approximate surface area is 104 Å². The van der Waals surface area contributed by atoms with Crippen molar-refractivity contribution in [2.45, 2.75) is 18.9 Å². The van der Waals surface area contributed by atoms with Gasteiger partial charge in [-0.25, -0.2) is 4.98 Å². The maximum Gasteiger partial charge on any atom is 0.330 e. The normalized spacial score (nSPS) is 13.6. The first-order valence-corrected chi connectivity index (χ1v) is 5.64. The zero-order valence-electron chi connectivity index (χ0n) is 10.3. The van der Waals surface area contributed by atoms with Crippen molar-refractivity contribution in [2.75, 3.05) is 0 Å². The Kier molecular flexibility index (Phi) is 3.17. The molecule has 0 saturated heterocycles. The zero-order chi connectivity index (χ0) is 13.3. The highest BCUT2D eigenvalue weighted by molar-refractivity contribution is 5.32. The van der Waals surface area contributed by atoms with E-state index in [1.165, 1.54) is 29.1 Å². The molecule has 2 rings (SSSR count). The van der Waals surface area contributed by atoms with E-state index >= 15 is 0 Å². The van der Waals surface area contributed by atoms with Gasteiger partial charge in [0.05, 0.1) is 0 Å². The van der Waals surface area contributed by atoms with Crippen molar-refractivity contribution in [3.05, 3.63) is 53.6 Å². The van der Waals surface area contributed by atoms with Crippen LogP contribution in [0.1, 0.15) is 29.9 Å². The van der Waals surface area contributed by atoms with Gasteiger partial charge in [-0.15, -0.1) is 0 Å². The summed E-state index contributed by atoms with van der Waals surface area (Å²) in [7, 11) is 1.55. The minimum absolute atomic E-state index is 0.0911. The molecule has 1 aromatic carbocycles. The molecular weight excluding hydrogens is 236 g/mol. The molecule has 0 aliphatic rings. The number of halogens is 2. The van der Waals surface area contributed by atoms with E-state index in [0.717, 1.165) is 0 Å². The van der Waals surface area contributed by atoms with E-state index < -0.39 is 5.92 Å². The summed E-state index contributed by atoms with van der Waals surface area (Å²) >= 11 is 0. The Hall–Kier alpha value is -1.75. The number of hydrogen-bond donors (Lipinski definition) is 1. The number of alkyl halides is 2. The number of nitrogens with two attached hydrogens (primary N) is 1. The Morgan fingerprint density at radius 1 is 1.39 bits per heavy atom. The summed E-state index contributed by atoms with van der Waals surface area (Å²) in [4.78, 5) is 3.72. The van der Waals surface area contributed by atoms with Crippen molar-refractivity contribution in [3.8, 4) is 0 Å². The van der Waals surface area contributed by atoms with E-state index in [4.69, 9.17) is 5.73 Å². The van der Waals surface area contributed by atoms with E-state index in [1.807, 2.05) is 0 Å². The number of aryl methyl sites for hydroxylation is 1. The number of nitrogens with zero attached hydrogens (tertiary/aromatic N) is 2. The lowest BCUT2D eigenvalue weighted by Crippen LogP contribution is -2.21. The molecule has 2 aromatic rings. The lowest BCUT2D eigenvalue weighted by molar-refractivity contribution is 0.0299. The molecule has 0 aliphatic heterocycles. The molecule has 1 unspecified atom stereocenters. The van der Waals surface area contributed by atoms with E-state index in [1.54, 1.807) is 26.1 Å². The minimum atomic E-state index is -3.12. The van der Waals surface area contributed by atoms with Crippen LogP contribution in [-0.4, -0.2) is 9.55 Å². The van der Waals surface area contributed by atoms with E-state index in [9.17, 15) is 8.78 Å². The fourth-order valence-electron chi connectivity index (χ4n) is 1.81. The molecule has 0 spiro atoms. The van der Waals surface area contributed by atoms with Gasteiger partial charge in [0.25, 0.3) is 0 Å². The summed E-state index contributed by atoms with van der Waals surface area (Å²) in [5.41, 5.74) is 6.30. The molecule has 1 aromatic heterocycles. The molecule has 96 valence electrons. The van der Waals surface area contributed by atoms with Gasteiger partial charge in [-0.3, -0.25) is 0 Å². The van der Waals surface area contributed by atoms with Crippen LogP contribution < -0.4 is 5.73 Å². The van der Waals surface area contributed by atoms with Crippen molar-refractivity contribution >= 4 is 0 Å². The zero-order valence-corrected chi connectivity index (χ0v) is 10.3. The van der Waals surface area contributed by atoms with Crippen LogP contribution in [0, 0.1) is 0 Å². The second kappa shape index (κ2) is 4.49. The third kappa shape index (κ3) is 2.13. The van der Waals surface area contributed by atoms with Crippen LogP contribution in [0.2, 0.25) is 0 Å². The van der Waals surface area contributed by atoms with Crippen molar-refractivity contribution in [1.82, 2.24) is 9.55 Å². The lowest BCUT2D eigenvalue weighted by Gasteiger charge is -2.18. The van der Waals surface area contributed by atoms with Crippen LogP contribution in [0.5, 0.6) is 0 Å². The van der Waals surface area contributed by atoms with Gasteiger partial charge < -0.3 is 10.3 Å². The number of rotatable bonds is 3. The van der Waals surface area contributed by atoms with Crippen molar-refractivity contribution < 1.29 is 8.78 Å². The highest BCUT2D eigenvalue weighted by Crippen LogP contribution is 2.35. The molecule has 5 heteroatoms. The van der Waals surface area contributed by atoms with Crippen LogP contribution in [0.15, 0.2) is 36.7 Å². The molecule has 1 heterocycles. The predicted molar refractivity (Wildman–Crippen MR) is 65.2 cm³/mol. The van der Waals surface area contributed by atoms with Crippen molar-refractivity contribution in [1.29, 1.82) is 0 Å². The molecule has 0 aliphatic carbocycles. The number of aromatic nitrogens is 2. The molecule has 2 N–H and O–H groups in total. The summed E-state index contributed by atoms with van der Waals surface area (Å²) in [6.45, 7) is 1.76. The summed E-state index contributed by atoms with van der Waals surface area (Å²) in [6, 6.07) is 5.87. The van der Waals surface area contributed by atoms with Crippen molar-refractivity contribution in [2.24, 2.45) is 12.8 Å². The molecule has 1 atom stereocenters. The Morgan fingerprint density at radius 3 is 2.67 bits per heavy atom. The lowest BCUT2D eigenvalue weighted by atomic mass is 10.0. The Morgan fingerprint density at radius 2 is 2.11 bits per heavy atom. The highest BCUT2D eigenvalue weighted by atomic mass is 19.3. The third-order valence-corrected chi connectivity index (χ3v) is 2.88. The van der Waals surface area contributed by atoms with Crippen LogP contribution in [0.4, 0.5) is 8.78 Å². The van der Waals surface area contributed by atoms with Crippen LogP contribution in [-0.2, 0) is 13.0 Å². The van der Waals surface area contributed by atoms with Gasteiger partial charge >= 0.3 is 5.92 Å². The largest absolute Gasteiger partial charge is 0.333 e. The number of hydrogen-bond acceptors (Lipinski definition) is 2. The average Bonchev–Trinajstić information content (AvgIpc) is 2.76. The second-order valence-electron chi connectivity index (χ2n) is 4.35. The molecule has 0 fully saturated rings. The quantitative estimate of drug-likeness (QED) is 0.911. The summed E-state index contributed by atoms with van der Waals surface area (Å²) in [6.07, 6.45) is 2.86. The monoisotopic (exact) mass is 251 g/mol. The first kappa shape index (κ1) is 12.7. The number of imidazole rings is 1. The van der Waals surface area contributed by atoms with Gasteiger partial charge in [-0.1, -0.05) is 18.2 Å². The maximum absolute atomic E-state index is 14.3. The van der Waals surface area contributed by atoms with Crippen molar-refractivity contribution in [3.63, 3.8) is 0 Å². The first-order chi connectivity index (χ1) is 8.43. The van der Waals surface area contributed by atoms with Gasteiger partial charge in [-0.2, -0.15) is 8.78 Å². The number of benzene rings is 1. The Bertz CT molecular complexity index is 547.